The summed E-state index contributed by atoms with van der Waals surface area (Å²) < 4.78 is 0. The van der Waals surface area contributed by atoms with E-state index in [4.69, 9.17) is 0 Å². The Morgan fingerprint density at radius 1 is 1.00 bits per heavy atom. The van der Waals surface area contributed by atoms with E-state index in [0.29, 0.717) is 0 Å². The average molecular weight is 227 g/mol. The Balaban J connectivity index is -0.000000376. The molecular weight excluding hydrogens is 194 g/mol. The zero-order valence-electron chi connectivity index (χ0n) is 13.2. The van der Waals surface area contributed by atoms with E-state index in [0.717, 1.165) is 6.54 Å². The zero-order chi connectivity index (χ0) is 13.8. The summed E-state index contributed by atoms with van der Waals surface area (Å²) in [5, 5.41) is 0. The van der Waals surface area contributed by atoms with Gasteiger partial charge in [0.2, 0.25) is 0 Å². The molecule has 0 radical (unpaired) electrons. The molecular formula is C15H33N. The number of aliphatic imine (C=N–C) groups is 1. The first kappa shape index (κ1) is 20.8. The van der Waals surface area contributed by atoms with Crippen LogP contribution in [0.1, 0.15) is 69.2 Å². The minimum Gasteiger partial charge on any atom is -0.290 e. The molecule has 0 aromatic carbocycles. The lowest BCUT2D eigenvalue weighted by Gasteiger charge is -2.19. The molecule has 16 heavy (non-hydrogen) atoms. The smallest absolute Gasteiger partial charge is 0.0400 e. The van der Waals surface area contributed by atoms with Crippen molar-refractivity contribution < 1.29 is 0 Å². The first-order valence-electron chi connectivity index (χ1n) is 6.57. The van der Waals surface area contributed by atoms with Gasteiger partial charge in [0.25, 0.3) is 0 Å². The van der Waals surface area contributed by atoms with Gasteiger partial charge < -0.3 is 0 Å². The van der Waals surface area contributed by atoms with Gasteiger partial charge in [0.1, 0.15) is 0 Å². The third-order valence-electron chi connectivity index (χ3n) is 1.52. The quantitative estimate of drug-likeness (QED) is 0.551. The molecule has 0 spiro atoms. The minimum atomic E-state index is 0.174. The van der Waals surface area contributed by atoms with Crippen molar-refractivity contribution in [2.75, 3.05) is 6.54 Å². The van der Waals surface area contributed by atoms with Crippen molar-refractivity contribution >= 4 is 5.71 Å². The van der Waals surface area contributed by atoms with E-state index < -0.39 is 0 Å². The summed E-state index contributed by atoms with van der Waals surface area (Å²) in [6, 6.07) is 0. The molecule has 0 atom stereocenters. The summed E-state index contributed by atoms with van der Waals surface area (Å²) in [5.74, 6) is 0. The van der Waals surface area contributed by atoms with E-state index in [1.165, 1.54) is 11.3 Å². The van der Waals surface area contributed by atoms with Crippen LogP contribution in [0.15, 0.2) is 16.6 Å². The van der Waals surface area contributed by atoms with Gasteiger partial charge in [-0.25, -0.2) is 0 Å². The van der Waals surface area contributed by atoms with Crippen LogP contribution in [0.3, 0.4) is 0 Å². The summed E-state index contributed by atoms with van der Waals surface area (Å²) in [7, 11) is 0. The fourth-order valence-electron chi connectivity index (χ4n) is 0.943. The lowest BCUT2D eigenvalue weighted by Crippen LogP contribution is -2.18. The Hall–Kier alpha value is -0.590. The second-order valence-corrected chi connectivity index (χ2v) is 4.33. The fraction of sp³-hybridized carbons (Fsp3) is 0.800. The van der Waals surface area contributed by atoms with Crippen LogP contribution in [0.2, 0.25) is 0 Å². The molecule has 0 saturated heterocycles. The van der Waals surface area contributed by atoms with E-state index >= 15 is 0 Å². The van der Waals surface area contributed by atoms with Crippen LogP contribution in [0.5, 0.6) is 0 Å². The maximum absolute atomic E-state index is 4.48. The van der Waals surface area contributed by atoms with Crippen molar-refractivity contribution in [3.05, 3.63) is 11.6 Å². The highest BCUT2D eigenvalue weighted by Gasteiger charge is 2.15. The maximum atomic E-state index is 4.48. The third kappa shape index (κ3) is 13.4. The van der Waals surface area contributed by atoms with Crippen molar-refractivity contribution in [2.45, 2.75) is 69.2 Å². The van der Waals surface area contributed by atoms with Crippen molar-refractivity contribution in [3.63, 3.8) is 0 Å². The molecule has 0 unspecified atom stereocenters. The zero-order valence-corrected chi connectivity index (χ0v) is 13.2. The monoisotopic (exact) mass is 227 g/mol. The Morgan fingerprint density at radius 3 is 1.56 bits per heavy atom. The summed E-state index contributed by atoms with van der Waals surface area (Å²) in [4.78, 5) is 4.48. The van der Waals surface area contributed by atoms with Gasteiger partial charge in [0.15, 0.2) is 0 Å². The lowest BCUT2D eigenvalue weighted by molar-refractivity contribution is 0.591. The highest BCUT2D eigenvalue weighted by Crippen LogP contribution is 2.18. The maximum Gasteiger partial charge on any atom is 0.0400 e. The van der Waals surface area contributed by atoms with Crippen LogP contribution < -0.4 is 0 Å². The van der Waals surface area contributed by atoms with Gasteiger partial charge in [-0.15, -0.1) is 0 Å². The topological polar surface area (TPSA) is 12.4 Å². The van der Waals surface area contributed by atoms with Gasteiger partial charge in [-0.2, -0.15) is 0 Å². The number of rotatable bonds is 2. The Bertz CT molecular complexity index is 188. The van der Waals surface area contributed by atoms with E-state index in [1.807, 2.05) is 27.7 Å². The van der Waals surface area contributed by atoms with Crippen molar-refractivity contribution in [1.82, 2.24) is 0 Å². The van der Waals surface area contributed by atoms with Crippen LogP contribution >= 0.6 is 0 Å². The number of allylic oxidation sites excluding steroid dienone is 2. The molecule has 0 N–H and O–H groups in total. The highest BCUT2D eigenvalue weighted by molar-refractivity contribution is 5.99. The number of hydrogen-bond donors (Lipinski definition) is 0. The van der Waals surface area contributed by atoms with Crippen LogP contribution in [0.25, 0.3) is 0 Å². The Morgan fingerprint density at radius 2 is 1.38 bits per heavy atom. The van der Waals surface area contributed by atoms with Gasteiger partial charge in [0.05, 0.1) is 0 Å². The van der Waals surface area contributed by atoms with E-state index in [1.54, 1.807) is 0 Å². The van der Waals surface area contributed by atoms with Crippen molar-refractivity contribution in [2.24, 2.45) is 10.4 Å². The molecule has 0 amide bonds. The average Bonchev–Trinajstić information content (AvgIpc) is 2.21. The standard InChI is InChI=1S/C11H21N.2C2H6/c1-7-12-10(8-9(2)3)11(4,5)6;2*1-2/h8H,7H2,1-6H3;2*1-2H3. The molecule has 1 nitrogen and oxygen atoms in total. The molecule has 1 heteroatoms. The summed E-state index contributed by atoms with van der Waals surface area (Å²) in [5.41, 5.74) is 2.69. The highest BCUT2D eigenvalue weighted by atomic mass is 14.7. The van der Waals surface area contributed by atoms with Crippen LogP contribution in [-0.2, 0) is 0 Å². The van der Waals surface area contributed by atoms with Crippen molar-refractivity contribution in [3.8, 4) is 0 Å². The summed E-state index contributed by atoms with van der Waals surface area (Å²) in [6.07, 6.45) is 2.17. The SMILES string of the molecule is CC.CC.CCN=C(C=C(C)C)C(C)(C)C. The van der Waals surface area contributed by atoms with E-state index in [2.05, 4.69) is 52.6 Å². The van der Waals surface area contributed by atoms with Gasteiger partial charge >= 0.3 is 0 Å². The molecule has 0 heterocycles. The Labute approximate surface area is 104 Å². The molecule has 0 bridgehead atoms. The molecule has 0 saturated carbocycles. The molecule has 98 valence electrons. The van der Waals surface area contributed by atoms with Crippen LogP contribution in [-0.4, -0.2) is 12.3 Å². The normalized spacial score (nSPS) is 10.5. The first-order chi connectivity index (χ1) is 7.38. The molecule has 0 fully saturated rings. The molecule has 0 rings (SSSR count). The van der Waals surface area contributed by atoms with Crippen LogP contribution in [0, 0.1) is 5.41 Å². The minimum absolute atomic E-state index is 0.174. The summed E-state index contributed by atoms with van der Waals surface area (Å²) in [6.45, 7) is 21.7. The molecule has 0 aliphatic heterocycles. The Kier molecular flexibility index (Phi) is 16.2. The van der Waals surface area contributed by atoms with Gasteiger partial charge in [-0.1, -0.05) is 54.0 Å². The predicted molar refractivity (Wildman–Crippen MR) is 79.6 cm³/mol. The van der Waals surface area contributed by atoms with E-state index in [9.17, 15) is 0 Å². The van der Waals surface area contributed by atoms with Crippen LogP contribution in [0.4, 0.5) is 0 Å². The summed E-state index contributed by atoms with van der Waals surface area (Å²) >= 11 is 0. The second kappa shape index (κ2) is 12.5. The number of nitrogens with zero attached hydrogens (tertiary/aromatic N) is 1. The molecule has 0 aromatic heterocycles. The molecule has 0 aliphatic rings. The molecule has 0 aromatic rings. The third-order valence-corrected chi connectivity index (χ3v) is 1.52. The van der Waals surface area contributed by atoms with Gasteiger partial charge in [0, 0.05) is 17.7 Å². The largest absolute Gasteiger partial charge is 0.290 e. The van der Waals surface area contributed by atoms with Gasteiger partial charge in [-0.3, -0.25) is 4.99 Å². The lowest BCUT2D eigenvalue weighted by atomic mass is 9.89. The predicted octanol–water partition coefficient (Wildman–Crippen LogP) is 5.51. The van der Waals surface area contributed by atoms with Crippen molar-refractivity contribution in [1.29, 1.82) is 0 Å². The van der Waals surface area contributed by atoms with E-state index in [-0.39, 0.29) is 5.41 Å². The number of hydrogen-bond acceptors (Lipinski definition) is 1. The molecule has 0 aliphatic carbocycles. The fourth-order valence-corrected chi connectivity index (χ4v) is 0.943. The van der Waals surface area contributed by atoms with Gasteiger partial charge in [-0.05, 0) is 26.8 Å². The second-order valence-electron chi connectivity index (χ2n) is 4.33. The first-order valence-corrected chi connectivity index (χ1v) is 6.57.